The Morgan fingerprint density at radius 2 is 1.75 bits per heavy atom. The molecule has 0 fully saturated rings. The van der Waals surface area contributed by atoms with E-state index >= 15 is 0 Å². The average molecular weight is 423 g/mol. The van der Waals surface area contributed by atoms with Crippen molar-refractivity contribution in [3.63, 3.8) is 0 Å². The lowest BCUT2D eigenvalue weighted by atomic mass is 10.0. The van der Waals surface area contributed by atoms with Gasteiger partial charge >= 0.3 is 0 Å². The largest absolute Gasteiger partial charge is 0.313 e. The standard InChI is InChI=1S/C27H23FN4/c1-2-29-17-19-6-5-7-20(14-19)21-11-13-32-26(18-31-27(32)16-21)22-10-12-30-25(15-22)23-8-3-4-9-24(23)28/h3-16,18,29H,2,17H2,1H3. The monoisotopic (exact) mass is 422 g/mol. The molecule has 32 heavy (non-hydrogen) atoms. The van der Waals surface area contributed by atoms with E-state index in [-0.39, 0.29) is 5.82 Å². The number of imidazole rings is 1. The number of pyridine rings is 2. The summed E-state index contributed by atoms with van der Waals surface area (Å²) in [6.45, 7) is 3.91. The van der Waals surface area contributed by atoms with Crippen molar-refractivity contribution in [2.24, 2.45) is 0 Å². The Labute approximate surface area is 186 Å². The smallest absolute Gasteiger partial charge is 0.137 e. The highest BCUT2D eigenvalue weighted by atomic mass is 19.1. The molecule has 0 aliphatic carbocycles. The fraction of sp³-hybridized carbons (Fsp3) is 0.111. The van der Waals surface area contributed by atoms with Crippen LogP contribution in [0.15, 0.2) is 91.4 Å². The maximum atomic E-state index is 14.2. The molecule has 158 valence electrons. The van der Waals surface area contributed by atoms with Gasteiger partial charge in [-0.3, -0.25) is 9.38 Å². The van der Waals surface area contributed by atoms with Gasteiger partial charge in [-0.25, -0.2) is 9.37 Å². The summed E-state index contributed by atoms with van der Waals surface area (Å²) < 4.78 is 16.3. The summed E-state index contributed by atoms with van der Waals surface area (Å²) in [5.74, 6) is -0.281. The van der Waals surface area contributed by atoms with Crippen LogP contribution >= 0.6 is 0 Å². The summed E-state index contributed by atoms with van der Waals surface area (Å²) in [6.07, 6.45) is 5.59. The summed E-state index contributed by atoms with van der Waals surface area (Å²) in [5, 5.41) is 3.37. The summed E-state index contributed by atoms with van der Waals surface area (Å²) >= 11 is 0. The fourth-order valence-corrected chi connectivity index (χ4v) is 3.91. The SMILES string of the molecule is CCNCc1cccc(-c2ccn3c(-c4ccnc(-c5ccccc5F)c4)cnc3c2)c1. The second-order valence-electron chi connectivity index (χ2n) is 7.68. The Bertz CT molecular complexity index is 1390. The zero-order valence-electron chi connectivity index (χ0n) is 17.8. The number of aromatic nitrogens is 3. The molecule has 0 saturated carbocycles. The first-order chi connectivity index (χ1) is 15.7. The van der Waals surface area contributed by atoms with Crippen molar-refractivity contribution in [3.8, 4) is 33.6 Å². The number of hydrogen-bond donors (Lipinski definition) is 1. The van der Waals surface area contributed by atoms with Gasteiger partial charge in [-0.05, 0) is 65.7 Å². The van der Waals surface area contributed by atoms with Crippen molar-refractivity contribution in [2.75, 3.05) is 6.54 Å². The minimum atomic E-state index is -0.281. The second-order valence-corrected chi connectivity index (χ2v) is 7.68. The third kappa shape index (κ3) is 3.90. The van der Waals surface area contributed by atoms with Crippen LogP contribution in [0.5, 0.6) is 0 Å². The van der Waals surface area contributed by atoms with E-state index in [2.05, 4.69) is 58.6 Å². The molecule has 5 aromatic rings. The molecule has 0 atom stereocenters. The third-order valence-electron chi connectivity index (χ3n) is 5.56. The number of nitrogens with one attached hydrogen (secondary N) is 1. The molecule has 0 radical (unpaired) electrons. The Hall–Kier alpha value is -3.83. The van der Waals surface area contributed by atoms with Gasteiger partial charge in [0, 0.05) is 30.1 Å². The lowest BCUT2D eigenvalue weighted by Crippen LogP contribution is -2.11. The summed E-state index contributed by atoms with van der Waals surface area (Å²) in [6, 6.07) is 23.3. The molecule has 5 rings (SSSR count). The Balaban J connectivity index is 1.50. The maximum absolute atomic E-state index is 14.2. The van der Waals surface area contributed by atoms with Crippen LogP contribution in [0, 0.1) is 5.82 Å². The highest BCUT2D eigenvalue weighted by molar-refractivity contribution is 5.73. The van der Waals surface area contributed by atoms with Gasteiger partial charge in [0.15, 0.2) is 0 Å². The molecule has 3 heterocycles. The van der Waals surface area contributed by atoms with Crippen molar-refractivity contribution < 1.29 is 4.39 Å². The van der Waals surface area contributed by atoms with Crippen LogP contribution in [-0.2, 0) is 6.54 Å². The summed E-state index contributed by atoms with van der Waals surface area (Å²) in [5.41, 5.74) is 7.36. The third-order valence-corrected chi connectivity index (χ3v) is 5.56. The lowest BCUT2D eigenvalue weighted by molar-refractivity contribution is 0.631. The molecule has 0 aliphatic heterocycles. The topological polar surface area (TPSA) is 42.2 Å². The second kappa shape index (κ2) is 8.73. The number of rotatable bonds is 6. The predicted molar refractivity (Wildman–Crippen MR) is 127 cm³/mol. The van der Waals surface area contributed by atoms with Crippen LogP contribution in [0.3, 0.4) is 0 Å². The lowest BCUT2D eigenvalue weighted by Gasteiger charge is -2.08. The molecule has 5 heteroatoms. The molecular formula is C27H23FN4. The zero-order chi connectivity index (χ0) is 21.9. The van der Waals surface area contributed by atoms with E-state index in [0.29, 0.717) is 11.3 Å². The number of benzene rings is 2. The van der Waals surface area contributed by atoms with E-state index in [4.69, 9.17) is 0 Å². The molecule has 0 aliphatic rings. The van der Waals surface area contributed by atoms with Crippen LogP contribution in [0.1, 0.15) is 12.5 Å². The van der Waals surface area contributed by atoms with Crippen LogP contribution in [0.4, 0.5) is 4.39 Å². The molecule has 0 bridgehead atoms. The van der Waals surface area contributed by atoms with Crippen molar-refractivity contribution in [3.05, 3.63) is 103 Å². The molecule has 0 amide bonds. The van der Waals surface area contributed by atoms with Gasteiger partial charge in [0.2, 0.25) is 0 Å². The van der Waals surface area contributed by atoms with Gasteiger partial charge in [0.05, 0.1) is 17.6 Å². The number of halogens is 1. The normalized spacial score (nSPS) is 11.2. The number of fused-ring (bicyclic) bond motifs is 1. The van der Waals surface area contributed by atoms with E-state index in [1.165, 1.54) is 17.2 Å². The quantitative estimate of drug-likeness (QED) is 0.366. The van der Waals surface area contributed by atoms with E-state index < -0.39 is 0 Å². The minimum Gasteiger partial charge on any atom is -0.313 e. The van der Waals surface area contributed by atoms with Crippen LogP contribution in [0.25, 0.3) is 39.3 Å². The van der Waals surface area contributed by atoms with Crippen molar-refractivity contribution in [2.45, 2.75) is 13.5 Å². The first-order valence-corrected chi connectivity index (χ1v) is 10.7. The van der Waals surface area contributed by atoms with E-state index in [1.807, 2.05) is 35.0 Å². The van der Waals surface area contributed by atoms with Crippen LogP contribution < -0.4 is 5.32 Å². The molecule has 0 unspecified atom stereocenters. The fourth-order valence-electron chi connectivity index (χ4n) is 3.91. The van der Waals surface area contributed by atoms with Crippen LogP contribution in [-0.4, -0.2) is 20.9 Å². The minimum absolute atomic E-state index is 0.281. The average Bonchev–Trinajstić information content (AvgIpc) is 3.27. The van der Waals surface area contributed by atoms with Crippen molar-refractivity contribution in [1.82, 2.24) is 19.7 Å². The molecule has 4 nitrogen and oxygen atoms in total. The molecular weight excluding hydrogens is 399 g/mol. The van der Waals surface area contributed by atoms with Gasteiger partial charge < -0.3 is 5.32 Å². The van der Waals surface area contributed by atoms with E-state index in [1.54, 1.807) is 18.3 Å². The molecule has 3 aromatic heterocycles. The zero-order valence-corrected chi connectivity index (χ0v) is 17.8. The summed E-state index contributed by atoms with van der Waals surface area (Å²) in [7, 11) is 0. The van der Waals surface area contributed by atoms with E-state index in [9.17, 15) is 4.39 Å². The van der Waals surface area contributed by atoms with Gasteiger partial charge in [-0.1, -0.05) is 37.3 Å². The van der Waals surface area contributed by atoms with Gasteiger partial charge in [-0.15, -0.1) is 0 Å². The predicted octanol–water partition coefficient (Wildman–Crippen LogP) is 5.98. The molecule has 0 spiro atoms. The Morgan fingerprint density at radius 1 is 0.875 bits per heavy atom. The number of hydrogen-bond acceptors (Lipinski definition) is 3. The van der Waals surface area contributed by atoms with Gasteiger partial charge in [0.1, 0.15) is 11.5 Å². The highest BCUT2D eigenvalue weighted by Crippen LogP contribution is 2.28. The maximum Gasteiger partial charge on any atom is 0.137 e. The van der Waals surface area contributed by atoms with Crippen LogP contribution in [0.2, 0.25) is 0 Å². The highest BCUT2D eigenvalue weighted by Gasteiger charge is 2.11. The Kier molecular flexibility index (Phi) is 5.48. The molecule has 0 saturated heterocycles. The van der Waals surface area contributed by atoms with Gasteiger partial charge in [0.25, 0.3) is 0 Å². The first kappa shape index (κ1) is 20.1. The van der Waals surface area contributed by atoms with Gasteiger partial charge in [-0.2, -0.15) is 0 Å². The van der Waals surface area contributed by atoms with Crippen molar-refractivity contribution in [1.29, 1.82) is 0 Å². The number of nitrogens with zero attached hydrogens (tertiary/aromatic N) is 3. The summed E-state index contributed by atoms with van der Waals surface area (Å²) in [4.78, 5) is 9.00. The first-order valence-electron chi connectivity index (χ1n) is 10.7. The van der Waals surface area contributed by atoms with E-state index in [0.717, 1.165) is 35.6 Å². The molecule has 1 N–H and O–H groups in total. The Morgan fingerprint density at radius 3 is 2.62 bits per heavy atom. The van der Waals surface area contributed by atoms with Crippen molar-refractivity contribution >= 4 is 5.65 Å². The molecule has 2 aromatic carbocycles.